The van der Waals surface area contributed by atoms with Gasteiger partial charge < -0.3 is 19.9 Å². The van der Waals surface area contributed by atoms with Crippen LogP contribution in [-0.4, -0.2) is 50.2 Å². The Morgan fingerprint density at radius 2 is 2.24 bits per heavy atom. The van der Waals surface area contributed by atoms with Crippen molar-refractivity contribution in [2.45, 2.75) is 38.8 Å². The number of rotatable bonds is 6. The summed E-state index contributed by atoms with van der Waals surface area (Å²) in [6.45, 7) is 7.56. The van der Waals surface area contributed by atoms with Crippen molar-refractivity contribution >= 4 is 0 Å². The third-order valence-electron chi connectivity index (χ3n) is 4.18. The Morgan fingerprint density at radius 1 is 1.41 bits per heavy atom. The van der Waals surface area contributed by atoms with Crippen LogP contribution in [0.15, 0.2) is 0 Å². The minimum Gasteiger partial charge on any atom is -0.394 e. The van der Waals surface area contributed by atoms with E-state index in [2.05, 4.69) is 19.2 Å². The van der Waals surface area contributed by atoms with Crippen molar-refractivity contribution in [3.8, 4) is 0 Å². The normalized spacial score (nSPS) is 35.1. The van der Waals surface area contributed by atoms with Gasteiger partial charge in [-0.05, 0) is 12.8 Å². The average Bonchev–Trinajstić information content (AvgIpc) is 2.33. The predicted molar refractivity (Wildman–Crippen MR) is 65.9 cm³/mol. The van der Waals surface area contributed by atoms with Gasteiger partial charge in [-0.2, -0.15) is 0 Å². The second-order valence-electron chi connectivity index (χ2n) is 5.69. The van der Waals surface area contributed by atoms with Crippen molar-refractivity contribution in [2.75, 3.05) is 33.0 Å². The zero-order valence-electron chi connectivity index (χ0n) is 10.9. The number of ether oxygens (including phenoxy) is 2. The highest BCUT2D eigenvalue weighted by Gasteiger charge is 2.57. The molecule has 17 heavy (non-hydrogen) atoms. The summed E-state index contributed by atoms with van der Waals surface area (Å²) < 4.78 is 11.1. The highest BCUT2D eigenvalue weighted by molar-refractivity contribution is 5.10. The summed E-state index contributed by atoms with van der Waals surface area (Å²) in [7, 11) is 0. The largest absolute Gasteiger partial charge is 0.394 e. The summed E-state index contributed by atoms with van der Waals surface area (Å²) in [5, 5.41) is 12.2. The molecule has 0 aromatic rings. The Kier molecular flexibility index (Phi) is 4.42. The maximum atomic E-state index is 8.61. The fraction of sp³-hybridized carbons (Fsp3) is 1.00. The number of fused-ring (bicyclic) bond motifs is 1. The molecule has 0 amide bonds. The van der Waals surface area contributed by atoms with Crippen LogP contribution < -0.4 is 5.32 Å². The van der Waals surface area contributed by atoms with Gasteiger partial charge in [-0.1, -0.05) is 13.8 Å². The van der Waals surface area contributed by atoms with E-state index < -0.39 is 0 Å². The number of nitrogens with one attached hydrogen (secondary N) is 1. The molecule has 3 atom stereocenters. The molecule has 100 valence electrons. The predicted octanol–water partition coefficient (Wildman–Crippen LogP) is 0.788. The zero-order chi connectivity index (χ0) is 12.3. The van der Waals surface area contributed by atoms with Crippen molar-refractivity contribution < 1.29 is 14.6 Å². The van der Waals surface area contributed by atoms with Crippen LogP contribution in [0.25, 0.3) is 0 Å². The van der Waals surface area contributed by atoms with Crippen molar-refractivity contribution in [1.82, 2.24) is 5.32 Å². The van der Waals surface area contributed by atoms with Gasteiger partial charge in [0, 0.05) is 30.5 Å². The molecular weight excluding hydrogens is 218 g/mol. The Balaban J connectivity index is 1.72. The fourth-order valence-electron chi connectivity index (χ4n) is 3.39. The van der Waals surface area contributed by atoms with Crippen molar-refractivity contribution in [2.24, 2.45) is 11.3 Å². The molecule has 2 fully saturated rings. The van der Waals surface area contributed by atoms with E-state index in [4.69, 9.17) is 14.6 Å². The van der Waals surface area contributed by atoms with E-state index >= 15 is 0 Å². The second-order valence-corrected chi connectivity index (χ2v) is 5.69. The summed E-state index contributed by atoms with van der Waals surface area (Å²) >= 11 is 0. The monoisotopic (exact) mass is 243 g/mol. The Morgan fingerprint density at radius 3 is 3.00 bits per heavy atom. The molecule has 0 spiro atoms. The Hall–Kier alpha value is -0.160. The van der Waals surface area contributed by atoms with E-state index in [9.17, 15) is 0 Å². The molecule has 0 aromatic heterocycles. The molecule has 2 aliphatic rings. The zero-order valence-corrected chi connectivity index (χ0v) is 10.9. The molecule has 1 aliphatic heterocycles. The van der Waals surface area contributed by atoms with Crippen LogP contribution in [0.2, 0.25) is 0 Å². The average molecular weight is 243 g/mol. The van der Waals surface area contributed by atoms with Gasteiger partial charge >= 0.3 is 0 Å². The quantitative estimate of drug-likeness (QED) is 0.677. The summed E-state index contributed by atoms with van der Waals surface area (Å²) in [6, 6.07) is 0.547. The van der Waals surface area contributed by atoms with Crippen LogP contribution in [-0.2, 0) is 9.47 Å². The van der Waals surface area contributed by atoms with Crippen LogP contribution in [0.1, 0.15) is 26.7 Å². The molecule has 0 radical (unpaired) electrons. The van der Waals surface area contributed by atoms with Crippen LogP contribution in [0.3, 0.4) is 0 Å². The molecule has 0 aromatic carbocycles. The highest BCUT2D eigenvalue weighted by Crippen LogP contribution is 2.51. The molecular formula is C13H25NO3. The summed E-state index contributed by atoms with van der Waals surface area (Å²) in [5.41, 5.74) is 0.238. The lowest BCUT2D eigenvalue weighted by atomic mass is 9.55. The molecule has 1 saturated carbocycles. The summed E-state index contributed by atoms with van der Waals surface area (Å²) in [6.07, 6.45) is 2.91. The van der Waals surface area contributed by atoms with E-state index in [0.29, 0.717) is 31.3 Å². The maximum absolute atomic E-state index is 8.61. The van der Waals surface area contributed by atoms with Gasteiger partial charge in [0.1, 0.15) is 0 Å². The molecule has 1 aliphatic carbocycles. The number of aliphatic hydroxyl groups excluding tert-OH is 1. The standard InChI is InChI=1S/C13H25NO3/c1-13(2)11(14-5-8-16-9-6-15)10-4-3-7-17-12(10)13/h10-12,14-15H,3-9H2,1-2H3. The van der Waals surface area contributed by atoms with E-state index in [1.807, 2.05) is 0 Å². The van der Waals surface area contributed by atoms with Gasteiger partial charge in [0.05, 0.1) is 25.9 Å². The lowest BCUT2D eigenvalue weighted by Crippen LogP contribution is -2.69. The molecule has 2 rings (SSSR count). The smallest absolute Gasteiger partial charge is 0.0698 e. The van der Waals surface area contributed by atoms with Gasteiger partial charge in [-0.3, -0.25) is 0 Å². The Bertz CT molecular complexity index is 245. The second kappa shape index (κ2) is 5.65. The van der Waals surface area contributed by atoms with Crippen molar-refractivity contribution in [3.05, 3.63) is 0 Å². The van der Waals surface area contributed by atoms with Gasteiger partial charge in [-0.15, -0.1) is 0 Å². The van der Waals surface area contributed by atoms with Gasteiger partial charge in [0.2, 0.25) is 0 Å². The lowest BCUT2D eigenvalue weighted by molar-refractivity contribution is -0.192. The highest BCUT2D eigenvalue weighted by atomic mass is 16.5. The Labute approximate surface area is 104 Å². The third-order valence-corrected chi connectivity index (χ3v) is 4.18. The van der Waals surface area contributed by atoms with Crippen molar-refractivity contribution in [1.29, 1.82) is 0 Å². The molecule has 1 saturated heterocycles. The first-order valence-corrected chi connectivity index (χ1v) is 6.71. The van der Waals surface area contributed by atoms with Crippen molar-refractivity contribution in [3.63, 3.8) is 0 Å². The van der Waals surface area contributed by atoms with Crippen LogP contribution in [0, 0.1) is 11.3 Å². The first-order valence-electron chi connectivity index (χ1n) is 6.71. The molecule has 0 bridgehead atoms. The molecule has 2 N–H and O–H groups in total. The van der Waals surface area contributed by atoms with E-state index in [1.165, 1.54) is 12.8 Å². The fourth-order valence-corrected chi connectivity index (χ4v) is 3.39. The third kappa shape index (κ3) is 2.65. The topological polar surface area (TPSA) is 50.7 Å². The SMILES string of the molecule is CC1(C)C(NCCOCCO)C2CCCOC21. The van der Waals surface area contributed by atoms with E-state index in [1.54, 1.807) is 0 Å². The molecule has 1 heterocycles. The van der Waals surface area contributed by atoms with Crippen LogP contribution in [0.5, 0.6) is 0 Å². The van der Waals surface area contributed by atoms with Gasteiger partial charge in [-0.25, -0.2) is 0 Å². The molecule has 4 nitrogen and oxygen atoms in total. The minimum atomic E-state index is 0.105. The lowest BCUT2D eigenvalue weighted by Gasteiger charge is -2.60. The maximum Gasteiger partial charge on any atom is 0.0698 e. The minimum absolute atomic E-state index is 0.105. The first kappa shape index (κ1) is 13.3. The van der Waals surface area contributed by atoms with Crippen LogP contribution in [0.4, 0.5) is 0 Å². The van der Waals surface area contributed by atoms with Gasteiger partial charge in [0.15, 0.2) is 0 Å². The summed E-state index contributed by atoms with van der Waals surface area (Å²) in [4.78, 5) is 0. The first-order chi connectivity index (χ1) is 8.18. The van der Waals surface area contributed by atoms with E-state index in [0.717, 1.165) is 13.2 Å². The number of aliphatic hydroxyl groups is 1. The number of hydrogen-bond acceptors (Lipinski definition) is 4. The summed E-state index contributed by atoms with van der Waals surface area (Å²) in [5.74, 6) is 0.677. The van der Waals surface area contributed by atoms with E-state index in [-0.39, 0.29) is 12.0 Å². The van der Waals surface area contributed by atoms with Crippen LogP contribution >= 0.6 is 0 Å². The molecule has 4 heteroatoms. The van der Waals surface area contributed by atoms with Gasteiger partial charge in [0.25, 0.3) is 0 Å². The number of hydrogen-bond donors (Lipinski definition) is 2. The molecule has 3 unspecified atom stereocenters.